The lowest BCUT2D eigenvalue weighted by Crippen LogP contribution is -2.41. The van der Waals surface area contributed by atoms with Crippen molar-refractivity contribution in [1.29, 1.82) is 0 Å². The quantitative estimate of drug-likeness (QED) is 0.807. The molecule has 0 aromatic carbocycles. The first-order chi connectivity index (χ1) is 9.69. The van der Waals surface area contributed by atoms with E-state index in [0.29, 0.717) is 11.3 Å². The van der Waals surface area contributed by atoms with E-state index in [1.54, 1.807) is 6.20 Å². The molecule has 0 bridgehead atoms. The molecule has 0 unspecified atom stereocenters. The third-order valence-corrected chi connectivity index (χ3v) is 4.53. The number of rotatable bonds is 3. The summed E-state index contributed by atoms with van der Waals surface area (Å²) in [4.78, 5) is 6.34. The standard InChI is InChI=1S/C13H17FN4OS/c1-16-5-7-17(8-6-16)20-18-9-10(14)12-11(18)3-4-15-13(12)19-2/h3-4,9H,5-8H2,1-2H3. The molecule has 20 heavy (non-hydrogen) atoms. The summed E-state index contributed by atoms with van der Waals surface area (Å²) in [5, 5.41) is 0.441. The van der Waals surface area contributed by atoms with Gasteiger partial charge < -0.3 is 9.64 Å². The lowest BCUT2D eigenvalue weighted by molar-refractivity contribution is 0.233. The molecule has 3 rings (SSSR count). The number of pyridine rings is 1. The minimum atomic E-state index is -0.299. The van der Waals surface area contributed by atoms with Crippen LogP contribution in [0.3, 0.4) is 0 Å². The van der Waals surface area contributed by atoms with Gasteiger partial charge in [-0.05, 0) is 13.1 Å². The number of halogens is 1. The number of likely N-dealkylation sites (N-methyl/N-ethyl adjacent to an activating group) is 1. The predicted molar refractivity (Wildman–Crippen MR) is 78.3 cm³/mol. The summed E-state index contributed by atoms with van der Waals surface area (Å²) >= 11 is 1.54. The maximum atomic E-state index is 14.1. The lowest BCUT2D eigenvalue weighted by atomic mass is 10.3. The first kappa shape index (κ1) is 13.7. The first-order valence-corrected chi connectivity index (χ1v) is 7.23. The Morgan fingerprint density at radius 2 is 2.05 bits per heavy atom. The van der Waals surface area contributed by atoms with E-state index in [1.807, 2.05) is 10.0 Å². The number of hydrogen-bond acceptors (Lipinski definition) is 5. The summed E-state index contributed by atoms with van der Waals surface area (Å²) in [7, 11) is 3.62. The highest BCUT2D eigenvalue weighted by atomic mass is 32.2. The zero-order valence-corrected chi connectivity index (χ0v) is 12.4. The molecule has 1 fully saturated rings. The summed E-state index contributed by atoms with van der Waals surface area (Å²) in [6, 6.07) is 1.81. The molecule has 7 heteroatoms. The Kier molecular flexibility index (Phi) is 3.82. The zero-order chi connectivity index (χ0) is 14.1. The normalized spacial score (nSPS) is 17.8. The van der Waals surface area contributed by atoms with Crippen LogP contribution in [-0.2, 0) is 0 Å². The molecule has 3 heterocycles. The van der Waals surface area contributed by atoms with Crippen LogP contribution < -0.4 is 4.74 Å². The van der Waals surface area contributed by atoms with Gasteiger partial charge in [0.2, 0.25) is 5.88 Å². The van der Waals surface area contributed by atoms with Crippen molar-refractivity contribution in [3.8, 4) is 5.88 Å². The molecule has 0 spiro atoms. The van der Waals surface area contributed by atoms with Gasteiger partial charge in [0.05, 0.1) is 24.2 Å². The van der Waals surface area contributed by atoms with E-state index in [-0.39, 0.29) is 5.82 Å². The van der Waals surface area contributed by atoms with Crippen LogP contribution in [-0.4, -0.2) is 58.5 Å². The van der Waals surface area contributed by atoms with E-state index in [9.17, 15) is 4.39 Å². The maximum absolute atomic E-state index is 14.1. The van der Waals surface area contributed by atoms with Crippen LogP contribution in [0.15, 0.2) is 18.5 Å². The van der Waals surface area contributed by atoms with Crippen molar-refractivity contribution in [2.45, 2.75) is 0 Å². The van der Waals surface area contributed by atoms with Crippen molar-refractivity contribution in [2.75, 3.05) is 40.3 Å². The Hall–Kier alpha value is -1.31. The monoisotopic (exact) mass is 296 g/mol. The summed E-state index contributed by atoms with van der Waals surface area (Å²) in [6.45, 7) is 3.98. The summed E-state index contributed by atoms with van der Waals surface area (Å²) in [6.07, 6.45) is 3.14. The van der Waals surface area contributed by atoms with Crippen molar-refractivity contribution in [2.24, 2.45) is 0 Å². The van der Waals surface area contributed by atoms with E-state index in [1.165, 1.54) is 25.4 Å². The van der Waals surface area contributed by atoms with Gasteiger partial charge in [-0.1, -0.05) is 0 Å². The van der Waals surface area contributed by atoms with E-state index in [0.717, 1.165) is 31.7 Å². The first-order valence-electron chi connectivity index (χ1n) is 6.50. The molecule has 0 atom stereocenters. The second-order valence-corrected chi connectivity index (χ2v) is 5.90. The van der Waals surface area contributed by atoms with Crippen molar-refractivity contribution in [3.05, 3.63) is 24.3 Å². The Morgan fingerprint density at radius 1 is 1.30 bits per heavy atom. The van der Waals surface area contributed by atoms with Gasteiger partial charge in [-0.3, -0.25) is 3.97 Å². The molecule has 0 saturated carbocycles. The van der Waals surface area contributed by atoms with Crippen LogP contribution in [0.1, 0.15) is 0 Å². The van der Waals surface area contributed by atoms with Gasteiger partial charge in [-0.2, -0.15) is 0 Å². The SMILES string of the molecule is COc1nccc2c1c(F)cn2SN1CCN(C)CC1. The number of piperazine rings is 1. The topological polar surface area (TPSA) is 33.5 Å². The largest absolute Gasteiger partial charge is 0.480 e. The Morgan fingerprint density at radius 3 is 2.75 bits per heavy atom. The number of aromatic nitrogens is 2. The molecule has 0 amide bonds. The molecule has 1 saturated heterocycles. The molecule has 0 aliphatic carbocycles. The van der Waals surface area contributed by atoms with Crippen molar-refractivity contribution in [1.82, 2.24) is 18.2 Å². The number of methoxy groups -OCH3 is 1. The van der Waals surface area contributed by atoms with Gasteiger partial charge in [0.15, 0.2) is 5.82 Å². The summed E-state index contributed by atoms with van der Waals surface area (Å²) in [5.41, 5.74) is 0.790. The van der Waals surface area contributed by atoms with E-state index in [4.69, 9.17) is 4.74 Å². The minimum Gasteiger partial charge on any atom is -0.480 e. The van der Waals surface area contributed by atoms with Crippen LogP contribution >= 0.6 is 12.1 Å². The average Bonchev–Trinajstić information content (AvgIpc) is 2.78. The zero-order valence-electron chi connectivity index (χ0n) is 11.5. The van der Waals surface area contributed by atoms with Gasteiger partial charge in [-0.25, -0.2) is 13.7 Å². The third-order valence-electron chi connectivity index (χ3n) is 3.46. The van der Waals surface area contributed by atoms with Crippen LogP contribution in [0.4, 0.5) is 4.39 Å². The minimum absolute atomic E-state index is 0.299. The molecule has 1 aliphatic rings. The molecule has 1 aliphatic heterocycles. The highest BCUT2D eigenvalue weighted by Gasteiger charge is 2.19. The molecular formula is C13H17FN4OS. The number of nitrogens with zero attached hydrogens (tertiary/aromatic N) is 4. The Labute approximate surface area is 121 Å². The highest BCUT2D eigenvalue weighted by Crippen LogP contribution is 2.31. The van der Waals surface area contributed by atoms with Gasteiger partial charge in [0, 0.05) is 44.5 Å². The van der Waals surface area contributed by atoms with Gasteiger partial charge in [0.25, 0.3) is 0 Å². The number of fused-ring (bicyclic) bond motifs is 1. The Bertz CT molecular complexity index is 610. The molecular weight excluding hydrogens is 279 g/mol. The third kappa shape index (κ3) is 2.48. The van der Waals surface area contributed by atoms with Crippen LogP contribution in [0.5, 0.6) is 5.88 Å². The fourth-order valence-electron chi connectivity index (χ4n) is 2.29. The fraction of sp³-hybridized carbons (Fsp3) is 0.462. The fourth-order valence-corrected chi connectivity index (χ4v) is 3.25. The molecule has 2 aromatic rings. The van der Waals surface area contributed by atoms with E-state index < -0.39 is 0 Å². The molecule has 108 valence electrons. The highest BCUT2D eigenvalue weighted by molar-refractivity contribution is 7.95. The smallest absolute Gasteiger partial charge is 0.225 e. The van der Waals surface area contributed by atoms with Crippen LogP contribution in [0.25, 0.3) is 10.9 Å². The van der Waals surface area contributed by atoms with Crippen molar-refractivity contribution >= 4 is 23.0 Å². The van der Waals surface area contributed by atoms with Gasteiger partial charge >= 0.3 is 0 Å². The second kappa shape index (κ2) is 5.59. The van der Waals surface area contributed by atoms with Crippen molar-refractivity contribution < 1.29 is 9.13 Å². The second-order valence-electron chi connectivity index (χ2n) is 4.83. The predicted octanol–water partition coefficient (Wildman–Crippen LogP) is 1.84. The molecule has 0 N–H and O–H groups in total. The summed E-state index contributed by atoms with van der Waals surface area (Å²) < 4.78 is 23.3. The Balaban J connectivity index is 1.89. The van der Waals surface area contributed by atoms with Crippen LogP contribution in [0.2, 0.25) is 0 Å². The van der Waals surface area contributed by atoms with Gasteiger partial charge in [0.1, 0.15) is 0 Å². The number of ether oxygens (including phenoxy) is 1. The molecule has 0 radical (unpaired) electrons. The van der Waals surface area contributed by atoms with E-state index >= 15 is 0 Å². The van der Waals surface area contributed by atoms with Crippen LogP contribution in [0, 0.1) is 5.82 Å². The van der Waals surface area contributed by atoms with E-state index in [2.05, 4.69) is 21.2 Å². The molecule has 2 aromatic heterocycles. The van der Waals surface area contributed by atoms with Crippen molar-refractivity contribution in [3.63, 3.8) is 0 Å². The number of hydrogen-bond donors (Lipinski definition) is 0. The maximum Gasteiger partial charge on any atom is 0.225 e. The average molecular weight is 296 g/mol. The molecule has 5 nitrogen and oxygen atoms in total. The lowest BCUT2D eigenvalue weighted by Gasteiger charge is -2.31. The van der Waals surface area contributed by atoms with Gasteiger partial charge in [-0.15, -0.1) is 0 Å². The summed E-state index contributed by atoms with van der Waals surface area (Å²) in [5.74, 6) is 0.0318.